The standard InChI is InChI=1S/C11H7F3N4O/c12-11(13,14)19-9-3-1-2-8(4-9)18-10(16)7(5-15)6-17-18/h1-4,6H,16H2. The number of rotatable bonds is 2. The van der Waals surface area contributed by atoms with Crippen molar-refractivity contribution in [3.05, 3.63) is 36.0 Å². The van der Waals surface area contributed by atoms with Gasteiger partial charge in [0.25, 0.3) is 0 Å². The molecule has 5 nitrogen and oxygen atoms in total. The van der Waals surface area contributed by atoms with Gasteiger partial charge in [-0.1, -0.05) is 6.07 Å². The average molecular weight is 268 g/mol. The molecule has 0 fully saturated rings. The monoisotopic (exact) mass is 268 g/mol. The molecule has 1 heterocycles. The molecular weight excluding hydrogens is 261 g/mol. The fourth-order valence-electron chi connectivity index (χ4n) is 1.46. The van der Waals surface area contributed by atoms with E-state index >= 15 is 0 Å². The lowest BCUT2D eigenvalue weighted by Crippen LogP contribution is -2.17. The summed E-state index contributed by atoms with van der Waals surface area (Å²) in [6.07, 6.45) is -3.54. The lowest BCUT2D eigenvalue weighted by Gasteiger charge is -2.10. The van der Waals surface area contributed by atoms with E-state index in [9.17, 15) is 13.2 Å². The zero-order chi connectivity index (χ0) is 14.0. The summed E-state index contributed by atoms with van der Waals surface area (Å²) < 4.78 is 41.2. The molecule has 2 N–H and O–H groups in total. The predicted molar refractivity (Wildman–Crippen MR) is 59.4 cm³/mol. The second-order valence-corrected chi connectivity index (χ2v) is 3.51. The van der Waals surface area contributed by atoms with Gasteiger partial charge < -0.3 is 10.5 Å². The number of alkyl halides is 3. The van der Waals surface area contributed by atoms with E-state index in [2.05, 4.69) is 9.84 Å². The van der Waals surface area contributed by atoms with Crippen LogP contribution in [0.4, 0.5) is 19.0 Å². The number of nitrogen functional groups attached to an aromatic ring is 1. The molecule has 0 saturated heterocycles. The first kappa shape index (κ1) is 12.8. The third-order valence-corrected chi connectivity index (χ3v) is 2.22. The second-order valence-electron chi connectivity index (χ2n) is 3.51. The van der Waals surface area contributed by atoms with Crippen LogP contribution in [0.3, 0.4) is 0 Å². The summed E-state index contributed by atoms with van der Waals surface area (Å²) in [6.45, 7) is 0. The van der Waals surface area contributed by atoms with Gasteiger partial charge in [-0.25, -0.2) is 4.68 Å². The number of ether oxygens (including phenoxy) is 1. The largest absolute Gasteiger partial charge is 0.573 e. The molecular formula is C11H7F3N4O. The second kappa shape index (κ2) is 4.53. The van der Waals surface area contributed by atoms with E-state index in [0.717, 1.165) is 16.8 Å². The number of hydrogen-bond donors (Lipinski definition) is 1. The van der Waals surface area contributed by atoms with Gasteiger partial charge in [-0.05, 0) is 12.1 Å². The van der Waals surface area contributed by atoms with E-state index in [0.29, 0.717) is 0 Å². The fraction of sp³-hybridized carbons (Fsp3) is 0.0909. The van der Waals surface area contributed by atoms with Gasteiger partial charge in [0.1, 0.15) is 23.2 Å². The van der Waals surface area contributed by atoms with Crippen molar-refractivity contribution in [3.63, 3.8) is 0 Å². The number of aromatic nitrogens is 2. The molecule has 0 atom stereocenters. The Hall–Kier alpha value is -2.69. The highest BCUT2D eigenvalue weighted by molar-refractivity contribution is 5.53. The van der Waals surface area contributed by atoms with E-state index in [1.165, 1.54) is 18.3 Å². The van der Waals surface area contributed by atoms with Crippen LogP contribution in [0.15, 0.2) is 30.5 Å². The molecule has 0 saturated carbocycles. The van der Waals surface area contributed by atoms with Crippen LogP contribution in [0.5, 0.6) is 5.75 Å². The number of halogens is 3. The van der Waals surface area contributed by atoms with Crippen molar-refractivity contribution in [3.8, 4) is 17.5 Å². The van der Waals surface area contributed by atoms with E-state index < -0.39 is 12.1 Å². The van der Waals surface area contributed by atoms with Crippen molar-refractivity contribution in [1.82, 2.24) is 9.78 Å². The Morgan fingerprint density at radius 1 is 1.37 bits per heavy atom. The van der Waals surface area contributed by atoms with Gasteiger partial charge in [0.2, 0.25) is 0 Å². The van der Waals surface area contributed by atoms with E-state index in [4.69, 9.17) is 11.0 Å². The van der Waals surface area contributed by atoms with Gasteiger partial charge in [0, 0.05) is 6.07 Å². The molecule has 0 unspecified atom stereocenters. The summed E-state index contributed by atoms with van der Waals surface area (Å²) in [4.78, 5) is 0. The fourth-order valence-corrected chi connectivity index (χ4v) is 1.46. The van der Waals surface area contributed by atoms with E-state index in [-0.39, 0.29) is 17.1 Å². The van der Waals surface area contributed by atoms with Crippen LogP contribution in [0.2, 0.25) is 0 Å². The summed E-state index contributed by atoms with van der Waals surface area (Å²) >= 11 is 0. The molecule has 0 aliphatic rings. The van der Waals surface area contributed by atoms with Crippen LogP contribution < -0.4 is 10.5 Å². The van der Waals surface area contributed by atoms with Gasteiger partial charge in [0.05, 0.1) is 11.9 Å². The minimum absolute atomic E-state index is 0.0478. The summed E-state index contributed by atoms with van der Waals surface area (Å²) in [7, 11) is 0. The summed E-state index contributed by atoms with van der Waals surface area (Å²) in [5.74, 6) is -0.343. The van der Waals surface area contributed by atoms with Crippen molar-refractivity contribution >= 4 is 5.82 Å². The van der Waals surface area contributed by atoms with Gasteiger partial charge in [0.15, 0.2) is 0 Å². The minimum Gasteiger partial charge on any atom is -0.406 e. The van der Waals surface area contributed by atoms with Crippen molar-refractivity contribution in [2.75, 3.05) is 5.73 Å². The third-order valence-electron chi connectivity index (χ3n) is 2.22. The van der Waals surface area contributed by atoms with Gasteiger partial charge in [-0.15, -0.1) is 13.2 Å². The van der Waals surface area contributed by atoms with Gasteiger partial charge in [-0.3, -0.25) is 0 Å². The molecule has 0 bridgehead atoms. The first-order chi connectivity index (χ1) is 8.90. The first-order valence-electron chi connectivity index (χ1n) is 5.00. The molecule has 2 rings (SSSR count). The van der Waals surface area contributed by atoms with Crippen LogP contribution >= 0.6 is 0 Å². The number of hydrogen-bond acceptors (Lipinski definition) is 4. The third kappa shape index (κ3) is 2.77. The topological polar surface area (TPSA) is 76.9 Å². The molecule has 0 spiro atoms. The Bertz CT molecular complexity index is 642. The highest BCUT2D eigenvalue weighted by atomic mass is 19.4. The molecule has 2 aromatic rings. The van der Waals surface area contributed by atoms with E-state index in [1.54, 1.807) is 0 Å². The lowest BCUT2D eigenvalue weighted by molar-refractivity contribution is -0.274. The zero-order valence-electron chi connectivity index (χ0n) is 9.35. The summed E-state index contributed by atoms with van der Waals surface area (Å²) in [5.41, 5.74) is 6.04. The van der Waals surface area contributed by atoms with Crippen molar-refractivity contribution in [1.29, 1.82) is 5.26 Å². The molecule has 8 heteroatoms. The van der Waals surface area contributed by atoms with Crippen molar-refractivity contribution < 1.29 is 17.9 Å². The van der Waals surface area contributed by atoms with Crippen molar-refractivity contribution in [2.45, 2.75) is 6.36 Å². The molecule has 1 aromatic carbocycles. The Labute approximate surface area is 105 Å². The Kier molecular flexibility index (Phi) is 3.04. The number of benzene rings is 1. The zero-order valence-corrected chi connectivity index (χ0v) is 9.35. The molecule has 98 valence electrons. The molecule has 0 amide bonds. The van der Waals surface area contributed by atoms with E-state index in [1.807, 2.05) is 6.07 Å². The smallest absolute Gasteiger partial charge is 0.406 e. The molecule has 1 aromatic heterocycles. The number of nitriles is 1. The average Bonchev–Trinajstić information content (AvgIpc) is 2.68. The quantitative estimate of drug-likeness (QED) is 0.906. The number of nitrogens with zero attached hydrogens (tertiary/aromatic N) is 3. The maximum atomic E-state index is 12.1. The Morgan fingerprint density at radius 3 is 2.68 bits per heavy atom. The normalized spacial score (nSPS) is 11.1. The maximum absolute atomic E-state index is 12.1. The van der Waals surface area contributed by atoms with Gasteiger partial charge >= 0.3 is 6.36 Å². The highest BCUT2D eigenvalue weighted by Crippen LogP contribution is 2.25. The molecule has 0 radical (unpaired) electrons. The minimum atomic E-state index is -4.77. The summed E-state index contributed by atoms with van der Waals surface area (Å²) in [6, 6.07) is 6.95. The van der Waals surface area contributed by atoms with Crippen LogP contribution in [0, 0.1) is 11.3 Å². The van der Waals surface area contributed by atoms with Crippen LogP contribution in [-0.2, 0) is 0 Å². The SMILES string of the molecule is N#Cc1cnn(-c2cccc(OC(F)(F)F)c2)c1N. The summed E-state index contributed by atoms with van der Waals surface area (Å²) in [5, 5.41) is 12.6. The van der Waals surface area contributed by atoms with Crippen molar-refractivity contribution in [2.24, 2.45) is 0 Å². The van der Waals surface area contributed by atoms with Crippen LogP contribution in [-0.4, -0.2) is 16.1 Å². The van der Waals surface area contributed by atoms with Crippen LogP contribution in [0.25, 0.3) is 5.69 Å². The molecule has 19 heavy (non-hydrogen) atoms. The molecule has 0 aliphatic heterocycles. The predicted octanol–water partition coefficient (Wildman–Crippen LogP) is 2.22. The Morgan fingerprint density at radius 2 is 2.11 bits per heavy atom. The maximum Gasteiger partial charge on any atom is 0.573 e. The van der Waals surface area contributed by atoms with Crippen LogP contribution in [0.1, 0.15) is 5.56 Å². The Balaban J connectivity index is 2.38. The number of nitrogens with two attached hydrogens (primary N) is 1. The van der Waals surface area contributed by atoms with Gasteiger partial charge in [-0.2, -0.15) is 10.4 Å². The molecule has 0 aliphatic carbocycles. The number of anilines is 1. The highest BCUT2D eigenvalue weighted by Gasteiger charge is 2.31. The lowest BCUT2D eigenvalue weighted by atomic mass is 10.3. The first-order valence-corrected chi connectivity index (χ1v) is 5.00.